The Morgan fingerprint density at radius 3 is 2.67 bits per heavy atom. The average molecular weight is 200 g/mol. The van der Waals surface area contributed by atoms with Gasteiger partial charge in [0.15, 0.2) is 0 Å². The number of hydrogen-bond donors (Lipinski definition) is 0. The quantitative estimate of drug-likeness (QED) is 0.630. The standard InChI is InChI=1S/C12H12N2O/c1-2-10-3-4-11(13-5-10)14-6-12(7-14)8-15-9-12/h1,3-5H,6-9H2. The number of terminal acetylenes is 1. The van der Waals surface area contributed by atoms with Crippen LogP contribution in [0.25, 0.3) is 0 Å². The highest BCUT2D eigenvalue weighted by molar-refractivity contribution is 5.46. The molecule has 2 fully saturated rings. The van der Waals surface area contributed by atoms with Gasteiger partial charge in [0.05, 0.1) is 18.6 Å². The second-order valence-corrected chi connectivity index (χ2v) is 4.40. The molecule has 0 bridgehead atoms. The number of rotatable bonds is 1. The van der Waals surface area contributed by atoms with Crippen LogP contribution in [-0.2, 0) is 4.74 Å². The Kier molecular flexibility index (Phi) is 1.74. The Labute approximate surface area is 89.1 Å². The van der Waals surface area contributed by atoms with E-state index in [2.05, 4.69) is 15.8 Å². The zero-order valence-corrected chi connectivity index (χ0v) is 8.44. The van der Waals surface area contributed by atoms with Gasteiger partial charge >= 0.3 is 0 Å². The van der Waals surface area contributed by atoms with E-state index in [9.17, 15) is 0 Å². The van der Waals surface area contributed by atoms with Gasteiger partial charge < -0.3 is 9.64 Å². The van der Waals surface area contributed by atoms with E-state index >= 15 is 0 Å². The summed E-state index contributed by atoms with van der Waals surface area (Å²) in [5.74, 6) is 3.59. The van der Waals surface area contributed by atoms with Crippen LogP contribution in [-0.4, -0.2) is 31.3 Å². The Hall–Kier alpha value is -1.53. The van der Waals surface area contributed by atoms with Gasteiger partial charge in [-0.3, -0.25) is 0 Å². The lowest BCUT2D eigenvalue weighted by molar-refractivity contribution is -0.127. The first kappa shape index (κ1) is 8.75. The molecule has 3 heteroatoms. The summed E-state index contributed by atoms with van der Waals surface area (Å²) in [6, 6.07) is 3.92. The van der Waals surface area contributed by atoms with Gasteiger partial charge in [-0.2, -0.15) is 0 Å². The molecule has 2 saturated heterocycles. The second-order valence-electron chi connectivity index (χ2n) is 4.40. The minimum Gasteiger partial charge on any atom is -0.380 e. The third kappa shape index (κ3) is 1.30. The van der Waals surface area contributed by atoms with Crippen molar-refractivity contribution in [3.8, 4) is 12.3 Å². The monoisotopic (exact) mass is 200 g/mol. The molecule has 15 heavy (non-hydrogen) atoms. The summed E-state index contributed by atoms with van der Waals surface area (Å²) in [7, 11) is 0. The molecule has 1 aromatic heterocycles. The van der Waals surface area contributed by atoms with Crippen molar-refractivity contribution in [2.45, 2.75) is 0 Å². The normalized spacial score (nSPS) is 21.7. The lowest BCUT2D eigenvalue weighted by atomic mass is 9.78. The minimum atomic E-state index is 0.437. The molecule has 0 aromatic carbocycles. The van der Waals surface area contributed by atoms with E-state index in [4.69, 9.17) is 11.2 Å². The molecule has 0 N–H and O–H groups in total. The lowest BCUT2D eigenvalue weighted by Crippen LogP contribution is -2.66. The zero-order valence-electron chi connectivity index (χ0n) is 8.44. The molecular weight excluding hydrogens is 188 g/mol. The molecule has 1 aromatic rings. The molecule has 3 nitrogen and oxygen atoms in total. The lowest BCUT2D eigenvalue weighted by Gasteiger charge is -2.55. The van der Waals surface area contributed by atoms with Gasteiger partial charge in [-0.05, 0) is 12.1 Å². The van der Waals surface area contributed by atoms with Crippen LogP contribution in [0.15, 0.2) is 18.3 Å². The molecule has 0 radical (unpaired) electrons. The Morgan fingerprint density at radius 2 is 2.20 bits per heavy atom. The second kappa shape index (κ2) is 2.98. The van der Waals surface area contributed by atoms with Crippen LogP contribution < -0.4 is 4.90 Å². The van der Waals surface area contributed by atoms with Crippen molar-refractivity contribution in [1.29, 1.82) is 0 Å². The Morgan fingerprint density at radius 1 is 1.40 bits per heavy atom. The van der Waals surface area contributed by atoms with Crippen LogP contribution >= 0.6 is 0 Å². The topological polar surface area (TPSA) is 25.4 Å². The van der Waals surface area contributed by atoms with Crippen LogP contribution in [0.3, 0.4) is 0 Å². The van der Waals surface area contributed by atoms with Crippen LogP contribution in [0, 0.1) is 17.8 Å². The molecule has 0 amide bonds. The first-order valence-electron chi connectivity index (χ1n) is 5.07. The van der Waals surface area contributed by atoms with Crippen LogP contribution in [0.5, 0.6) is 0 Å². The van der Waals surface area contributed by atoms with E-state index < -0.39 is 0 Å². The Bertz CT molecular complexity index is 406. The molecule has 0 atom stereocenters. The van der Waals surface area contributed by atoms with Crippen molar-refractivity contribution < 1.29 is 4.74 Å². The summed E-state index contributed by atoms with van der Waals surface area (Å²) in [6.45, 7) is 3.95. The van der Waals surface area contributed by atoms with Crippen LogP contribution in [0.1, 0.15) is 5.56 Å². The maximum absolute atomic E-state index is 5.28. The van der Waals surface area contributed by atoms with Gasteiger partial charge in [-0.1, -0.05) is 5.92 Å². The summed E-state index contributed by atoms with van der Waals surface area (Å²) < 4.78 is 5.23. The fraction of sp³-hybridized carbons (Fsp3) is 0.417. The summed E-state index contributed by atoms with van der Waals surface area (Å²) >= 11 is 0. The van der Waals surface area contributed by atoms with Crippen molar-refractivity contribution in [3.05, 3.63) is 23.9 Å². The average Bonchev–Trinajstić information content (AvgIpc) is 2.14. The first-order chi connectivity index (χ1) is 7.31. The number of hydrogen-bond acceptors (Lipinski definition) is 3. The van der Waals surface area contributed by atoms with Gasteiger partial charge in [0.25, 0.3) is 0 Å². The molecule has 76 valence electrons. The van der Waals surface area contributed by atoms with E-state index in [1.165, 1.54) is 0 Å². The number of nitrogens with zero attached hydrogens (tertiary/aromatic N) is 2. The van der Waals surface area contributed by atoms with E-state index in [-0.39, 0.29) is 0 Å². The van der Waals surface area contributed by atoms with E-state index in [0.717, 1.165) is 37.7 Å². The van der Waals surface area contributed by atoms with Gasteiger partial charge in [-0.15, -0.1) is 6.42 Å². The maximum atomic E-state index is 5.28. The largest absolute Gasteiger partial charge is 0.380 e. The van der Waals surface area contributed by atoms with E-state index in [1.54, 1.807) is 6.20 Å². The van der Waals surface area contributed by atoms with Gasteiger partial charge in [0.2, 0.25) is 0 Å². The smallest absolute Gasteiger partial charge is 0.128 e. The van der Waals surface area contributed by atoms with Crippen LogP contribution in [0.2, 0.25) is 0 Å². The molecule has 1 spiro atoms. The van der Waals surface area contributed by atoms with Crippen molar-refractivity contribution in [2.24, 2.45) is 5.41 Å². The third-order valence-corrected chi connectivity index (χ3v) is 3.11. The molecule has 3 rings (SSSR count). The fourth-order valence-electron chi connectivity index (χ4n) is 2.16. The Balaban J connectivity index is 1.70. The van der Waals surface area contributed by atoms with E-state index in [1.807, 2.05) is 12.1 Å². The summed E-state index contributed by atoms with van der Waals surface area (Å²) in [5, 5.41) is 0. The van der Waals surface area contributed by atoms with Crippen molar-refractivity contribution in [3.63, 3.8) is 0 Å². The molecular formula is C12H12N2O. The highest BCUT2D eigenvalue weighted by atomic mass is 16.5. The molecule has 2 aliphatic rings. The first-order valence-corrected chi connectivity index (χ1v) is 5.07. The van der Waals surface area contributed by atoms with Crippen molar-refractivity contribution in [2.75, 3.05) is 31.2 Å². The van der Waals surface area contributed by atoms with Gasteiger partial charge in [0.1, 0.15) is 5.82 Å². The highest BCUT2D eigenvalue weighted by Crippen LogP contribution is 2.39. The number of anilines is 1. The summed E-state index contributed by atoms with van der Waals surface area (Å²) in [5.41, 5.74) is 1.27. The summed E-state index contributed by atoms with van der Waals surface area (Å²) in [4.78, 5) is 6.60. The third-order valence-electron chi connectivity index (χ3n) is 3.11. The minimum absolute atomic E-state index is 0.437. The highest BCUT2D eigenvalue weighted by Gasteiger charge is 2.49. The van der Waals surface area contributed by atoms with Crippen LogP contribution in [0.4, 0.5) is 5.82 Å². The van der Waals surface area contributed by atoms with Crippen molar-refractivity contribution >= 4 is 5.82 Å². The number of aromatic nitrogens is 1. The molecule has 0 saturated carbocycles. The predicted octanol–water partition coefficient (Wildman–Crippen LogP) is 0.900. The number of pyridine rings is 1. The SMILES string of the molecule is C#Cc1ccc(N2CC3(COC3)C2)nc1. The molecule has 3 heterocycles. The zero-order chi connectivity index (χ0) is 10.3. The molecule has 2 aliphatic heterocycles. The van der Waals surface area contributed by atoms with Gasteiger partial charge in [-0.25, -0.2) is 4.98 Å². The molecule has 0 aliphatic carbocycles. The molecule has 0 unspecified atom stereocenters. The summed E-state index contributed by atoms with van der Waals surface area (Å²) in [6.07, 6.45) is 7.02. The maximum Gasteiger partial charge on any atom is 0.128 e. The van der Waals surface area contributed by atoms with Crippen molar-refractivity contribution in [1.82, 2.24) is 4.98 Å². The van der Waals surface area contributed by atoms with Gasteiger partial charge in [0, 0.05) is 24.8 Å². The predicted molar refractivity (Wildman–Crippen MR) is 57.6 cm³/mol. The number of ether oxygens (including phenoxy) is 1. The van der Waals surface area contributed by atoms with E-state index in [0.29, 0.717) is 5.41 Å². The fourth-order valence-corrected chi connectivity index (χ4v) is 2.16.